The number of carbonyl (C=O) groups excluding carboxylic acids is 1. The van der Waals surface area contributed by atoms with E-state index in [-0.39, 0.29) is 5.97 Å². The highest BCUT2D eigenvalue weighted by Gasteiger charge is 1.95. The van der Waals surface area contributed by atoms with Crippen molar-refractivity contribution in [3.63, 3.8) is 0 Å². The lowest BCUT2D eigenvalue weighted by Gasteiger charge is -1.98. The van der Waals surface area contributed by atoms with Crippen molar-refractivity contribution >= 4 is 11.9 Å². The fraction of sp³-hybridized carbons (Fsp3) is 0.714. The van der Waals surface area contributed by atoms with E-state index in [4.69, 9.17) is 5.11 Å². The van der Waals surface area contributed by atoms with Crippen LogP contribution >= 0.6 is 0 Å². The molecule has 4 heteroatoms. The Morgan fingerprint density at radius 2 is 1.56 bits per heavy atom. The molecule has 0 aliphatic rings. The molecule has 0 heterocycles. The number of esters is 1. The zero-order valence-electron chi connectivity index (χ0n) is 11.6. The molecule has 0 spiro atoms. The van der Waals surface area contributed by atoms with Crippen LogP contribution in [0.2, 0.25) is 0 Å². The molecule has 18 heavy (non-hydrogen) atoms. The second-order valence-electron chi connectivity index (χ2n) is 4.04. The lowest BCUT2D eigenvalue weighted by molar-refractivity contribution is -0.138. The zero-order chi connectivity index (χ0) is 14.2. The van der Waals surface area contributed by atoms with Crippen molar-refractivity contribution < 1.29 is 19.4 Å². The topological polar surface area (TPSA) is 63.6 Å². The van der Waals surface area contributed by atoms with Crippen molar-refractivity contribution in [1.29, 1.82) is 0 Å². The van der Waals surface area contributed by atoms with Crippen LogP contribution in [0.15, 0.2) is 12.7 Å². The molecule has 4 nitrogen and oxygen atoms in total. The van der Waals surface area contributed by atoms with E-state index >= 15 is 0 Å². The molecule has 0 atom stereocenters. The van der Waals surface area contributed by atoms with Crippen LogP contribution in [0.25, 0.3) is 0 Å². The van der Waals surface area contributed by atoms with Gasteiger partial charge in [-0.1, -0.05) is 31.8 Å². The second kappa shape index (κ2) is 15.7. The predicted octanol–water partition coefficient (Wildman–Crippen LogP) is 3.56. The molecule has 0 aromatic carbocycles. The van der Waals surface area contributed by atoms with E-state index in [1.54, 1.807) is 0 Å². The maximum atomic E-state index is 10.2. The Balaban J connectivity index is 0. The molecule has 0 bridgehead atoms. The molecular weight excluding hydrogens is 232 g/mol. The van der Waals surface area contributed by atoms with E-state index in [1.165, 1.54) is 39.7 Å². The molecule has 0 rings (SSSR count). The Morgan fingerprint density at radius 3 is 1.94 bits per heavy atom. The van der Waals surface area contributed by atoms with Gasteiger partial charge in [-0.2, -0.15) is 0 Å². The third-order valence-corrected chi connectivity index (χ3v) is 2.34. The van der Waals surface area contributed by atoms with Gasteiger partial charge in [0.05, 0.1) is 7.11 Å². The highest BCUT2D eigenvalue weighted by atomic mass is 16.5. The van der Waals surface area contributed by atoms with Crippen LogP contribution in [-0.4, -0.2) is 24.2 Å². The first kappa shape index (κ1) is 19.0. The molecule has 0 radical (unpaired) electrons. The number of unbranched alkanes of at least 4 members (excludes halogenated alkanes) is 6. The minimum atomic E-state index is -0.674. The lowest BCUT2D eigenvalue weighted by atomic mass is 10.1. The average molecular weight is 258 g/mol. The Bertz CT molecular complexity index is 224. The number of carbonyl (C=O) groups is 2. The number of hydrogen-bond acceptors (Lipinski definition) is 3. The molecule has 0 saturated heterocycles. The number of ether oxygens (including phenoxy) is 1. The van der Waals surface area contributed by atoms with Crippen molar-refractivity contribution in [1.82, 2.24) is 0 Å². The maximum Gasteiger partial charge on any atom is 0.303 e. The van der Waals surface area contributed by atoms with Crippen molar-refractivity contribution in [3.05, 3.63) is 12.7 Å². The standard InChI is InChI=1S/C11H20O2.C3H6O2/c1-2-3-4-5-6-7-8-9-10-11(12)13;1-3(4)5-2/h2H,1,3-10H2,(H,12,13);1-2H3. The van der Waals surface area contributed by atoms with Gasteiger partial charge in [0, 0.05) is 13.3 Å². The molecule has 1 N–H and O–H groups in total. The Morgan fingerprint density at radius 1 is 1.11 bits per heavy atom. The van der Waals surface area contributed by atoms with Crippen molar-refractivity contribution in [2.75, 3.05) is 7.11 Å². The quantitative estimate of drug-likeness (QED) is 0.390. The summed E-state index contributed by atoms with van der Waals surface area (Å²) < 4.78 is 4.11. The summed E-state index contributed by atoms with van der Waals surface area (Å²) in [6.07, 6.45) is 10.1. The molecule has 106 valence electrons. The molecule has 0 aromatic heterocycles. The number of carboxylic acid groups (broad SMARTS) is 1. The van der Waals surface area contributed by atoms with Gasteiger partial charge in [-0.3, -0.25) is 9.59 Å². The van der Waals surface area contributed by atoms with E-state index in [9.17, 15) is 9.59 Å². The van der Waals surface area contributed by atoms with E-state index in [2.05, 4.69) is 11.3 Å². The fourth-order valence-corrected chi connectivity index (χ4v) is 1.27. The highest BCUT2D eigenvalue weighted by molar-refractivity contribution is 5.66. The minimum Gasteiger partial charge on any atom is -0.481 e. The SMILES string of the molecule is C=CCCCCCCCCC(=O)O.COC(C)=O. The second-order valence-corrected chi connectivity index (χ2v) is 4.04. The van der Waals surface area contributed by atoms with Gasteiger partial charge in [-0.25, -0.2) is 0 Å². The molecule has 0 fully saturated rings. The monoisotopic (exact) mass is 258 g/mol. The van der Waals surface area contributed by atoms with Crippen LogP contribution in [0.5, 0.6) is 0 Å². The van der Waals surface area contributed by atoms with E-state index in [1.807, 2.05) is 6.08 Å². The molecule has 0 aromatic rings. The van der Waals surface area contributed by atoms with E-state index < -0.39 is 5.97 Å². The summed E-state index contributed by atoms with van der Waals surface area (Å²) in [5.74, 6) is -0.920. The fourth-order valence-electron chi connectivity index (χ4n) is 1.27. The van der Waals surface area contributed by atoms with E-state index in [0.29, 0.717) is 6.42 Å². The van der Waals surface area contributed by atoms with Gasteiger partial charge in [0.2, 0.25) is 0 Å². The van der Waals surface area contributed by atoms with Gasteiger partial charge in [0.1, 0.15) is 0 Å². The summed E-state index contributed by atoms with van der Waals surface area (Å²) in [5.41, 5.74) is 0. The van der Waals surface area contributed by atoms with Crippen LogP contribution in [0, 0.1) is 0 Å². The molecule has 0 aliphatic carbocycles. The number of carboxylic acids is 1. The average Bonchev–Trinajstić information content (AvgIpc) is 2.33. The van der Waals surface area contributed by atoms with Crippen molar-refractivity contribution in [2.45, 2.75) is 58.3 Å². The van der Waals surface area contributed by atoms with E-state index in [0.717, 1.165) is 19.3 Å². The van der Waals surface area contributed by atoms with Gasteiger partial charge < -0.3 is 9.84 Å². The van der Waals surface area contributed by atoms with Gasteiger partial charge in [0.15, 0.2) is 0 Å². The van der Waals surface area contributed by atoms with Crippen molar-refractivity contribution in [2.24, 2.45) is 0 Å². The van der Waals surface area contributed by atoms with Crippen molar-refractivity contribution in [3.8, 4) is 0 Å². The summed E-state index contributed by atoms with van der Waals surface area (Å²) in [7, 11) is 1.35. The van der Waals surface area contributed by atoms with Gasteiger partial charge >= 0.3 is 11.9 Å². The largest absolute Gasteiger partial charge is 0.481 e. The maximum absolute atomic E-state index is 10.2. The summed E-state index contributed by atoms with van der Waals surface area (Å²) in [6, 6.07) is 0. The normalized spacial score (nSPS) is 9.00. The molecule has 0 saturated carbocycles. The lowest BCUT2D eigenvalue weighted by Crippen LogP contribution is -1.93. The first-order chi connectivity index (χ1) is 8.54. The number of methoxy groups -OCH3 is 1. The molecular formula is C14H26O4. The summed E-state index contributed by atoms with van der Waals surface area (Å²) in [6.45, 7) is 5.02. The van der Waals surface area contributed by atoms with Crippen LogP contribution in [0.1, 0.15) is 58.3 Å². The first-order valence-corrected chi connectivity index (χ1v) is 6.41. The predicted molar refractivity (Wildman–Crippen MR) is 72.5 cm³/mol. The van der Waals surface area contributed by atoms with Gasteiger partial charge in [0.25, 0.3) is 0 Å². The summed E-state index contributed by atoms with van der Waals surface area (Å²) in [5, 5.41) is 8.38. The summed E-state index contributed by atoms with van der Waals surface area (Å²) in [4.78, 5) is 19.8. The van der Waals surface area contributed by atoms with Gasteiger partial charge in [-0.15, -0.1) is 6.58 Å². The third kappa shape index (κ3) is 24.1. The molecule has 0 unspecified atom stereocenters. The number of rotatable bonds is 9. The molecule has 0 amide bonds. The van der Waals surface area contributed by atoms with Crippen LogP contribution in [-0.2, 0) is 14.3 Å². The third-order valence-electron chi connectivity index (χ3n) is 2.34. The zero-order valence-corrected chi connectivity index (χ0v) is 11.6. The minimum absolute atomic E-state index is 0.245. The smallest absolute Gasteiger partial charge is 0.303 e. The van der Waals surface area contributed by atoms with Crippen LogP contribution in [0.4, 0.5) is 0 Å². The number of allylic oxidation sites excluding steroid dienone is 1. The Hall–Kier alpha value is -1.32. The number of hydrogen-bond donors (Lipinski definition) is 1. The van der Waals surface area contributed by atoms with Gasteiger partial charge in [-0.05, 0) is 19.3 Å². The Kier molecular flexibility index (Phi) is 16.6. The van der Waals surface area contributed by atoms with Crippen LogP contribution < -0.4 is 0 Å². The number of aliphatic carboxylic acids is 1. The summed E-state index contributed by atoms with van der Waals surface area (Å²) >= 11 is 0. The van der Waals surface area contributed by atoms with Crippen LogP contribution in [0.3, 0.4) is 0 Å². The molecule has 0 aliphatic heterocycles. The Labute approximate surface area is 110 Å². The highest BCUT2D eigenvalue weighted by Crippen LogP contribution is 2.08. The first-order valence-electron chi connectivity index (χ1n) is 6.41.